The number of pyridine rings is 1. The van der Waals surface area contributed by atoms with Gasteiger partial charge in [0.15, 0.2) is 0 Å². The Hall–Kier alpha value is -1.87. The van der Waals surface area contributed by atoms with Crippen LogP contribution in [0, 0.1) is 0 Å². The fourth-order valence-electron chi connectivity index (χ4n) is 1.53. The summed E-state index contributed by atoms with van der Waals surface area (Å²) in [5.74, 6) is 0.844. The summed E-state index contributed by atoms with van der Waals surface area (Å²) in [7, 11) is 0. The number of hydrogen-bond acceptors (Lipinski definition) is 3. The molecular weight excluding hydrogens is 212 g/mol. The second-order valence-corrected chi connectivity index (χ2v) is 4.01. The zero-order chi connectivity index (χ0) is 12.1. The highest BCUT2D eigenvalue weighted by molar-refractivity contribution is 5.30. The predicted molar refractivity (Wildman–Crippen MR) is 67.6 cm³/mol. The fraction of sp³-hybridized carbons (Fsp3) is 0.214. The van der Waals surface area contributed by atoms with Gasteiger partial charge >= 0.3 is 0 Å². The molecule has 1 heterocycles. The van der Waals surface area contributed by atoms with Crippen molar-refractivity contribution in [1.29, 1.82) is 0 Å². The molecule has 2 rings (SSSR count). The molecule has 2 aromatic rings. The zero-order valence-corrected chi connectivity index (χ0v) is 9.84. The summed E-state index contributed by atoms with van der Waals surface area (Å²) in [6.07, 6.45) is 3.52. The summed E-state index contributed by atoms with van der Waals surface area (Å²) in [6.45, 7) is 2.51. The molecular formula is C14H16N2O. The Morgan fingerprint density at radius 1 is 1.24 bits per heavy atom. The van der Waals surface area contributed by atoms with Gasteiger partial charge in [-0.15, -0.1) is 0 Å². The Kier molecular flexibility index (Phi) is 3.73. The normalized spacial score (nSPS) is 12.1. The number of benzene rings is 1. The highest BCUT2D eigenvalue weighted by atomic mass is 16.5. The molecule has 0 bridgehead atoms. The van der Waals surface area contributed by atoms with Crippen LogP contribution >= 0.6 is 0 Å². The molecule has 3 nitrogen and oxygen atoms in total. The van der Waals surface area contributed by atoms with Gasteiger partial charge in [0.2, 0.25) is 0 Å². The Balaban J connectivity index is 2.02. The molecule has 0 unspecified atom stereocenters. The van der Waals surface area contributed by atoms with E-state index in [2.05, 4.69) is 4.98 Å². The maximum Gasteiger partial charge on any atom is 0.120 e. The standard InChI is InChI=1S/C14H16N2O/c1-11(15)13-3-2-4-14(9-13)17-10-12-5-7-16-8-6-12/h2-9,11H,10,15H2,1H3/t11-/m0/s1. The van der Waals surface area contributed by atoms with E-state index < -0.39 is 0 Å². The predicted octanol–water partition coefficient (Wildman–Crippen LogP) is 2.68. The van der Waals surface area contributed by atoms with Crippen molar-refractivity contribution < 1.29 is 4.74 Å². The Morgan fingerprint density at radius 2 is 2.00 bits per heavy atom. The van der Waals surface area contributed by atoms with Crippen LogP contribution in [-0.2, 0) is 6.61 Å². The van der Waals surface area contributed by atoms with Crippen LogP contribution in [-0.4, -0.2) is 4.98 Å². The minimum absolute atomic E-state index is 0.0273. The van der Waals surface area contributed by atoms with Crippen molar-refractivity contribution in [2.75, 3.05) is 0 Å². The summed E-state index contributed by atoms with van der Waals surface area (Å²) >= 11 is 0. The van der Waals surface area contributed by atoms with Gasteiger partial charge in [-0.25, -0.2) is 0 Å². The molecule has 0 saturated heterocycles. The first-order valence-corrected chi connectivity index (χ1v) is 5.63. The van der Waals surface area contributed by atoms with Crippen molar-refractivity contribution in [2.45, 2.75) is 19.6 Å². The summed E-state index contributed by atoms with van der Waals surface area (Å²) in [5.41, 5.74) is 8.01. The first-order chi connectivity index (χ1) is 8.25. The lowest BCUT2D eigenvalue weighted by molar-refractivity contribution is 0.305. The molecule has 3 heteroatoms. The highest BCUT2D eigenvalue weighted by Crippen LogP contribution is 2.18. The molecule has 0 aliphatic heterocycles. The Labute approximate surface area is 101 Å². The van der Waals surface area contributed by atoms with Gasteiger partial charge in [-0.2, -0.15) is 0 Å². The van der Waals surface area contributed by atoms with Crippen molar-refractivity contribution in [2.24, 2.45) is 5.73 Å². The van der Waals surface area contributed by atoms with Crippen LogP contribution in [0.25, 0.3) is 0 Å². The lowest BCUT2D eigenvalue weighted by Gasteiger charge is -2.09. The van der Waals surface area contributed by atoms with Crippen molar-refractivity contribution in [3.63, 3.8) is 0 Å². The van der Waals surface area contributed by atoms with Crippen LogP contribution in [0.4, 0.5) is 0 Å². The molecule has 88 valence electrons. The van der Waals surface area contributed by atoms with Gasteiger partial charge in [-0.3, -0.25) is 4.98 Å². The molecule has 0 amide bonds. The summed E-state index contributed by atoms with van der Waals surface area (Å²) in [4.78, 5) is 3.97. The number of rotatable bonds is 4. The van der Waals surface area contributed by atoms with Crippen molar-refractivity contribution >= 4 is 0 Å². The van der Waals surface area contributed by atoms with E-state index >= 15 is 0 Å². The molecule has 0 aliphatic carbocycles. The topological polar surface area (TPSA) is 48.1 Å². The molecule has 17 heavy (non-hydrogen) atoms. The summed E-state index contributed by atoms with van der Waals surface area (Å²) in [6, 6.07) is 11.8. The molecule has 1 aromatic heterocycles. The average Bonchev–Trinajstić information content (AvgIpc) is 2.38. The van der Waals surface area contributed by atoms with E-state index in [1.807, 2.05) is 43.3 Å². The second-order valence-electron chi connectivity index (χ2n) is 4.01. The van der Waals surface area contributed by atoms with Crippen LogP contribution in [0.1, 0.15) is 24.1 Å². The molecule has 0 spiro atoms. The van der Waals surface area contributed by atoms with E-state index in [4.69, 9.17) is 10.5 Å². The Bertz CT molecular complexity index is 469. The number of aromatic nitrogens is 1. The molecule has 0 aliphatic rings. The van der Waals surface area contributed by atoms with Gasteiger partial charge < -0.3 is 10.5 Å². The van der Waals surface area contributed by atoms with E-state index in [1.54, 1.807) is 12.4 Å². The minimum atomic E-state index is 0.0273. The largest absolute Gasteiger partial charge is 0.489 e. The van der Waals surface area contributed by atoms with Gasteiger partial charge in [-0.1, -0.05) is 12.1 Å². The third-order valence-electron chi connectivity index (χ3n) is 2.54. The molecule has 1 atom stereocenters. The number of hydrogen-bond donors (Lipinski definition) is 1. The van der Waals surface area contributed by atoms with E-state index in [-0.39, 0.29) is 6.04 Å². The van der Waals surface area contributed by atoms with Crippen molar-refractivity contribution in [1.82, 2.24) is 4.98 Å². The lowest BCUT2D eigenvalue weighted by atomic mass is 10.1. The van der Waals surface area contributed by atoms with Gasteiger partial charge in [0.1, 0.15) is 12.4 Å². The lowest BCUT2D eigenvalue weighted by Crippen LogP contribution is -2.05. The number of ether oxygens (including phenoxy) is 1. The third-order valence-corrected chi connectivity index (χ3v) is 2.54. The quantitative estimate of drug-likeness (QED) is 0.875. The molecule has 1 aromatic carbocycles. The molecule has 2 N–H and O–H groups in total. The highest BCUT2D eigenvalue weighted by Gasteiger charge is 2.01. The van der Waals surface area contributed by atoms with Crippen LogP contribution in [0.5, 0.6) is 5.75 Å². The SMILES string of the molecule is C[C@H](N)c1cccc(OCc2ccncc2)c1. The molecule has 0 fully saturated rings. The van der Waals surface area contributed by atoms with Gasteiger partial charge in [-0.05, 0) is 42.3 Å². The second kappa shape index (κ2) is 5.46. The molecule has 0 saturated carbocycles. The number of nitrogens with two attached hydrogens (primary N) is 1. The van der Waals surface area contributed by atoms with Crippen molar-refractivity contribution in [3.8, 4) is 5.75 Å². The number of nitrogens with zero attached hydrogens (tertiary/aromatic N) is 1. The van der Waals surface area contributed by atoms with Crippen LogP contribution < -0.4 is 10.5 Å². The molecule has 0 radical (unpaired) electrons. The van der Waals surface area contributed by atoms with Gasteiger partial charge in [0.05, 0.1) is 0 Å². The maximum absolute atomic E-state index is 5.83. The first-order valence-electron chi connectivity index (χ1n) is 5.63. The first kappa shape index (κ1) is 11.6. The Morgan fingerprint density at radius 3 is 2.71 bits per heavy atom. The maximum atomic E-state index is 5.83. The van der Waals surface area contributed by atoms with Crippen LogP contribution in [0.2, 0.25) is 0 Å². The zero-order valence-electron chi connectivity index (χ0n) is 9.84. The van der Waals surface area contributed by atoms with E-state index in [9.17, 15) is 0 Å². The monoisotopic (exact) mass is 228 g/mol. The van der Waals surface area contributed by atoms with E-state index in [0.717, 1.165) is 16.9 Å². The van der Waals surface area contributed by atoms with Gasteiger partial charge in [0.25, 0.3) is 0 Å². The third kappa shape index (κ3) is 3.29. The van der Waals surface area contributed by atoms with E-state index in [1.165, 1.54) is 0 Å². The fourth-order valence-corrected chi connectivity index (χ4v) is 1.53. The van der Waals surface area contributed by atoms with Crippen LogP contribution in [0.15, 0.2) is 48.8 Å². The van der Waals surface area contributed by atoms with E-state index in [0.29, 0.717) is 6.61 Å². The van der Waals surface area contributed by atoms with Crippen molar-refractivity contribution in [3.05, 3.63) is 59.9 Å². The van der Waals surface area contributed by atoms with Crippen LogP contribution in [0.3, 0.4) is 0 Å². The average molecular weight is 228 g/mol. The van der Waals surface area contributed by atoms with Gasteiger partial charge in [0, 0.05) is 18.4 Å². The summed E-state index contributed by atoms with van der Waals surface area (Å²) < 4.78 is 5.70. The summed E-state index contributed by atoms with van der Waals surface area (Å²) in [5, 5.41) is 0. The minimum Gasteiger partial charge on any atom is -0.489 e. The smallest absolute Gasteiger partial charge is 0.120 e.